The topological polar surface area (TPSA) is 55.2 Å². The molecule has 0 aliphatic rings. The van der Waals surface area contributed by atoms with E-state index in [0.717, 1.165) is 5.56 Å². The molecule has 1 N–H and O–H groups in total. The number of nitro benzene ring substituents is 1. The van der Waals surface area contributed by atoms with E-state index in [-0.39, 0.29) is 16.5 Å². The number of hydrogen-bond acceptors (Lipinski definition) is 3. The van der Waals surface area contributed by atoms with Crippen LogP contribution in [-0.2, 0) is 6.54 Å². The summed E-state index contributed by atoms with van der Waals surface area (Å²) in [6.07, 6.45) is 0. The van der Waals surface area contributed by atoms with Crippen LogP contribution in [0.1, 0.15) is 11.1 Å². The largest absolute Gasteiger partial charge is 0.380 e. The Kier molecular flexibility index (Phi) is 4.20. The molecule has 2 aromatic carbocycles. The van der Waals surface area contributed by atoms with Crippen molar-refractivity contribution in [3.8, 4) is 0 Å². The predicted octanol–water partition coefficient (Wildman–Crippen LogP) is 4.31. The smallest absolute Gasteiger partial charge is 0.271 e. The van der Waals surface area contributed by atoms with Crippen molar-refractivity contribution < 1.29 is 9.31 Å². The number of hydrogen-bond donors (Lipinski definition) is 1. The lowest BCUT2D eigenvalue weighted by Crippen LogP contribution is -2.01. The van der Waals surface area contributed by atoms with Crippen LogP contribution < -0.4 is 5.32 Å². The molecule has 0 bridgehead atoms. The molecule has 2 rings (SSSR count). The Morgan fingerprint density at radius 2 is 2.05 bits per heavy atom. The van der Waals surface area contributed by atoms with Crippen LogP contribution in [0.4, 0.5) is 15.8 Å². The van der Waals surface area contributed by atoms with Crippen molar-refractivity contribution in [3.63, 3.8) is 0 Å². The predicted molar refractivity (Wildman–Crippen MR) is 76.6 cm³/mol. The highest BCUT2D eigenvalue weighted by Gasteiger charge is 2.09. The molecule has 0 atom stereocenters. The van der Waals surface area contributed by atoms with Crippen LogP contribution in [0.25, 0.3) is 0 Å². The first-order chi connectivity index (χ1) is 9.47. The molecular weight excluding hydrogens is 283 g/mol. The van der Waals surface area contributed by atoms with Gasteiger partial charge in [0.1, 0.15) is 5.82 Å². The quantitative estimate of drug-likeness (QED) is 0.675. The van der Waals surface area contributed by atoms with Gasteiger partial charge in [-0.1, -0.05) is 23.7 Å². The minimum Gasteiger partial charge on any atom is -0.380 e. The monoisotopic (exact) mass is 294 g/mol. The van der Waals surface area contributed by atoms with Crippen molar-refractivity contribution >= 4 is 23.0 Å². The fourth-order valence-corrected chi connectivity index (χ4v) is 2.02. The van der Waals surface area contributed by atoms with Gasteiger partial charge in [-0.25, -0.2) is 4.39 Å². The summed E-state index contributed by atoms with van der Waals surface area (Å²) in [6.45, 7) is 2.15. The molecular formula is C14H12ClFN2O2. The van der Waals surface area contributed by atoms with E-state index in [1.54, 1.807) is 25.1 Å². The second-order valence-corrected chi connectivity index (χ2v) is 4.77. The van der Waals surface area contributed by atoms with Gasteiger partial charge in [-0.05, 0) is 30.2 Å². The molecule has 2 aromatic rings. The van der Waals surface area contributed by atoms with E-state index in [2.05, 4.69) is 5.32 Å². The summed E-state index contributed by atoms with van der Waals surface area (Å²) < 4.78 is 13.1. The van der Waals surface area contributed by atoms with Gasteiger partial charge in [-0.15, -0.1) is 0 Å². The molecule has 0 aromatic heterocycles. The number of halogens is 2. The number of anilines is 1. The van der Waals surface area contributed by atoms with E-state index < -0.39 is 4.92 Å². The lowest BCUT2D eigenvalue weighted by atomic mass is 10.1. The standard InChI is InChI=1S/C14H12ClFN2O2/c1-9-6-10(2-4-13(9)16)8-17-14-5-3-11(18(19)20)7-12(14)15/h2-7,17H,8H2,1H3. The van der Waals surface area contributed by atoms with Crippen molar-refractivity contribution in [1.82, 2.24) is 0 Å². The van der Waals surface area contributed by atoms with Crippen molar-refractivity contribution in [1.29, 1.82) is 0 Å². The Balaban J connectivity index is 2.10. The summed E-state index contributed by atoms with van der Waals surface area (Å²) >= 11 is 5.97. The number of nitrogens with zero attached hydrogens (tertiary/aromatic N) is 1. The third-order valence-electron chi connectivity index (χ3n) is 2.87. The average molecular weight is 295 g/mol. The summed E-state index contributed by atoms with van der Waals surface area (Å²) in [7, 11) is 0. The third-order valence-corrected chi connectivity index (χ3v) is 3.18. The molecule has 0 amide bonds. The molecule has 0 aliphatic heterocycles. The molecule has 0 saturated carbocycles. The number of rotatable bonds is 4. The number of nitrogens with one attached hydrogen (secondary N) is 1. The molecule has 0 radical (unpaired) electrons. The van der Waals surface area contributed by atoms with Crippen LogP contribution in [0.15, 0.2) is 36.4 Å². The molecule has 20 heavy (non-hydrogen) atoms. The third kappa shape index (κ3) is 3.24. The number of benzene rings is 2. The van der Waals surface area contributed by atoms with Gasteiger partial charge in [0.05, 0.1) is 15.6 Å². The fraction of sp³-hybridized carbons (Fsp3) is 0.143. The lowest BCUT2D eigenvalue weighted by Gasteiger charge is -2.09. The Hall–Kier alpha value is -2.14. The van der Waals surface area contributed by atoms with Gasteiger partial charge in [-0.2, -0.15) is 0 Å². The van der Waals surface area contributed by atoms with E-state index in [0.29, 0.717) is 17.8 Å². The molecule has 0 unspecified atom stereocenters. The van der Waals surface area contributed by atoms with E-state index in [9.17, 15) is 14.5 Å². The summed E-state index contributed by atoms with van der Waals surface area (Å²) in [4.78, 5) is 10.1. The molecule has 104 valence electrons. The van der Waals surface area contributed by atoms with Crippen LogP contribution >= 0.6 is 11.6 Å². The Morgan fingerprint density at radius 3 is 2.65 bits per heavy atom. The Bertz CT molecular complexity index is 662. The molecule has 4 nitrogen and oxygen atoms in total. The van der Waals surface area contributed by atoms with Crippen LogP contribution in [0, 0.1) is 22.9 Å². The van der Waals surface area contributed by atoms with E-state index in [1.807, 2.05) is 0 Å². The molecule has 6 heteroatoms. The summed E-state index contributed by atoms with van der Waals surface area (Å²) in [5, 5.41) is 13.9. The zero-order chi connectivity index (χ0) is 14.7. The van der Waals surface area contributed by atoms with Gasteiger partial charge >= 0.3 is 0 Å². The van der Waals surface area contributed by atoms with Gasteiger partial charge in [0.15, 0.2) is 0 Å². The fourth-order valence-electron chi connectivity index (χ4n) is 1.77. The molecule has 0 fully saturated rings. The lowest BCUT2D eigenvalue weighted by molar-refractivity contribution is -0.384. The van der Waals surface area contributed by atoms with Crippen molar-refractivity contribution in [2.24, 2.45) is 0 Å². The van der Waals surface area contributed by atoms with Gasteiger partial charge in [0.2, 0.25) is 0 Å². The summed E-state index contributed by atoms with van der Waals surface area (Å²) in [5.74, 6) is -0.248. The molecule has 0 aliphatic carbocycles. The van der Waals surface area contributed by atoms with Gasteiger partial charge in [0.25, 0.3) is 5.69 Å². The first-order valence-electron chi connectivity index (χ1n) is 5.90. The van der Waals surface area contributed by atoms with Gasteiger partial charge in [-0.3, -0.25) is 10.1 Å². The van der Waals surface area contributed by atoms with E-state index in [4.69, 9.17) is 11.6 Å². The van der Waals surface area contributed by atoms with Gasteiger partial charge < -0.3 is 5.32 Å². The molecule has 0 spiro atoms. The van der Waals surface area contributed by atoms with E-state index in [1.165, 1.54) is 18.2 Å². The number of nitro groups is 1. The van der Waals surface area contributed by atoms with Crippen molar-refractivity contribution in [3.05, 3.63) is 68.5 Å². The number of aryl methyl sites for hydroxylation is 1. The minimum atomic E-state index is -0.501. The van der Waals surface area contributed by atoms with E-state index >= 15 is 0 Å². The maximum absolute atomic E-state index is 13.1. The first-order valence-corrected chi connectivity index (χ1v) is 6.28. The maximum atomic E-state index is 13.1. The zero-order valence-corrected chi connectivity index (χ0v) is 11.4. The molecule has 0 saturated heterocycles. The minimum absolute atomic E-state index is 0.0572. The summed E-state index contributed by atoms with van der Waals surface area (Å²) in [6, 6.07) is 9.04. The van der Waals surface area contributed by atoms with Crippen LogP contribution in [0.5, 0.6) is 0 Å². The highest BCUT2D eigenvalue weighted by molar-refractivity contribution is 6.33. The van der Waals surface area contributed by atoms with Crippen LogP contribution in [0.2, 0.25) is 5.02 Å². The molecule has 0 heterocycles. The normalized spacial score (nSPS) is 10.3. The van der Waals surface area contributed by atoms with Gasteiger partial charge in [0, 0.05) is 18.7 Å². The number of non-ortho nitro benzene ring substituents is 1. The van der Waals surface area contributed by atoms with Crippen molar-refractivity contribution in [2.45, 2.75) is 13.5 Å². The second-order valence-electron chi connectivity index (χ2n) is 4.36. The Labute approximate surface area is 120 Å². The maximum Gasteiger partial charge on any atom is 0.271 e. The SMILES string of the molecule is Cc1cc(CNc2ccc([N+](=O)[O-])cc2Cl)ccc1F. The van der Waals surface area contributed by atoms with Crippen LogP contribution in [0.3, 0.4) is 0 Å². The second kappa shape index (κ2) is 5.88. The highest BCUT2D eigenvalue weighted by atomic mass is 35.5. The summed E-state index contributed by atoms with van der Waals surface area (Å²) in [5.41, 5.74) is 2.01. The average Bonchev–Trinajstić information content (AvgIpc) is 2.41. The Morgan fingerprint density at radius 1 is 1.30 bits per heavy atom. The van der Waals surface area contributed by atoms with Crippen molar-refractivity contribution in [2.75, 3.05) is 5.32 Å². The highest BCUT2D eigenvalue weighted by Crippen LogP contribution is 2.27. The first kappa shape index (κ1) is 14.3. The zero-order valence-electron chi connectivity index (χ0n) is 10.7. The van der Waals surface area contributed by atoms with Crippen LogP contribution in [-0.4, -0.2) is 4.92 Å².